The topological polar surface area (TPSA) is 78.4 Å². The Morgan fingerprint density at radius 1 is 1.22 bits per heavy atom. The summed E-state index contributed by atoms with van der Waals surface area (Å²) in [6.07, 6.45) is 5.99. The van der Waals surface area contributed by atoms with E-state index in [-0.39, 0.29) is 12.1 Å². The number of sulfonamides is 1. The molecule has 0 aromatic rings. The second-order valence-corrected chi connectivity index (χ2v) is 7.70. The fourth-order valence-electron chi connectivity index (χ4n) is 2.45. The van der Waals surface area contributed by atoms with E-state index in [9.17, 15) is 13.5 Å². The van der Waals surface area contributed by atoms with Gasteiger partial charge in [0, 0.05) is 18.1 Å². The van der Waals surface area contributed by atoms with Crippen LogP contribution in [0, 0.1) is 0 Å². The van der Waals surface area contributed by atoms with Crippen LogP contribution < -0.4 is 10.0 Å². The maximum atomic E-state index is 11.2. The normalized spacial score (nSPS) is 26.9. The van der Waals surface area contributed by atoms with Gasteiger partial charge in [0.1, 0.15) is 0 Å². The third kappa shape index (κ3) is 6.13. The number of hydrogen-bond donors (Lipinski definition) is 3. The molecule has 1 saturated carbocycles. The predicted octanol–water partition coefficient (Wildman–Crippen LogP) is 0.597. The molecule has 0 aromatic heterocycles. The average Bonchev–Trinajstić information content (AvgIpc) is 2.36. The third-order valence-electron chi connectivity index (χ3n) is 3.25. The van der Waals surface area contributed by atoms with Gasteiger partial charge in [-0.15, -0.1) is 0 Å². The average molecular weight is 278 g/mol. The Morgan fingerprint density at radius 3 is 2.44 bits per heavy atom. The molecule has 3 N–H and O–H groups in total. The van der Waals surface area contributed by atoms with E-state index in [1.807, 2.05) is 13.8 Å². The second-order valence-electron chi connectivity index (χ2n) is 5.95. The Balaban J connectivity index is 2.47. The summed E-state index contributed by atoms with van der Waals surface area (Å²) in [7, 11) is -3.21. The van der Waals surface area contributed by atoms with Crippen LogP contribution in [0.5, 0.6) is 0 Å². The van der Waals surface area contributed by atoms with Gasteiger partial charge < -0.3 is 10.4 Å². The van der Waals surface area contributed by atoms with Crippen LogP contribution in [-0.2, 0) is 10.0 Å². The van der Waals surface area contributed by atoms with Crippen LogP contribution in [0.15, 0.2) is 0 Å². The van der Waals surface area contributed by atoms with Gasteiger partial charge in [0.15, 0.2) is 0 Å². The zero-order valence-electron chi connectivity index (χ0n) is 11.6. The Bertz CT molecular complexity index is 354. The molecule has 0 aliphatic heterocycles. The lowest BCUT2D eigenvalue weighted by Gasteiger charge is -2.30. The van der Waals surface area contributed by atoms with E-state index in [2.05, 4.69) is 10.0 Å². The molecule has 1 aliphatic carbocycles. The molecule has 6 heteroatoms. The predicted molar refractivity (Wildman–Crippen MR) is 72.9 cm³/mol. The van der Waals surface area contributed by atoms with Gasteiger partial charge in [-0.05, 0) is 26.7 Å². The first-order valence-electron chi connectivity index (χ1n) is 6.60. The Labute approximate surface area is 110 Å². The lowest BCUT2D eigenvalue weighted by molar-refractivity contribution is 0.117. The van der Waals surface area contributed by atoms with Crippen molar-refractivity contribution in [2.24, 2.45) is 0 Å². The molecule has 5 nitrogen and oxygen atoms in total. The quantitative estimate of drug-likeness (QED) is 0.643. The van der Waals surface area contributed by atoms with Crippen LogP contribution in [0.3, 0.4) is 0 Å². The van der Waals surface area contributed by atoms with Crippen molar-refractivity contribution < 1.29 is 13.5 Å². The minimum Gasteiger partial charge on any atom is -0.392 e. The minimum atomic E-state index is -3.21. The van der Waals surface area contributed by atoms with E-state index in [4.69, 9.17) is 0 Å². The van der Waals surface area contributed by atoms with E-state index in [0.717, 1.165) is 31.9 Å². The molecule has 0 aromatic carbocycles. The fraction of sp³-hybridized carbons (Fsp3) is 1.00. The van der Waals surface area contributed by atoms with Gasteiger partial charge in [0.2, 0.25) is 10.0 Å². The summed E-state index contributed by atoms with van der Waals surface area (Å²) in [5.74, 6) is 0. The van der Waals surface area contributed by atoms with Crippen molar-refractivity contribution in [3.8, 4) is 0 Å². The van der Waals surface area contributed by atoms with Crippen molar-refractivity contribution in [3.63, 3.8) is 0 Å². The van der Waals surface area contributed by atoms with Crippen molar-refractivity contribution in [2.45, 2.75) is 63.6 Å². The van der Waals surface area contributed by atoms with Gasteiger partial charge >= 0.3 is 0 Å². The molecule has 18 heavy (non-hydrogen) atoms. The first kappa shape index (κ1) is 15.9. The molecule has 0 amide bonds. The smallest absolute Gasteiger partial charge is 0.209 e. The summed E-state index contributed by atoms with van der Waals surface area (Å²) in [4.78, 5) is 0. The number of hydrogen-bond acceptors (Lipinski definition) is 4. The molecule has 0 radical (unpaired) electrons. The van der Waals surface area contributed by atoms with Crippen LogP contribution >= 0.6 is 0 Å². The first-order valence-corrected chi connectivity index (χ1v) is 8.49. The SMILES string of the molecule is CC(C)(CNC1CCCCCC1O)NS(C)(=O)=O. The number of aliphatic hydroxyl groups is 1. The standard InChI is InChI=1S/C12H26N2O3S/c1-12(2,14-18(3,16)17)9-13-10-7-5-4-6-8-11(10)15/h10-11,13-15H,4-9H2,1-3H3. The number of rotatable bonds is 5. The lowest BCUT2D eigenvalue weighted by Crippen LogP contribution is -2.53. The Hall–Kier alpha value is -0.170. The molecule has 0 spiro atoms. The summed E-state index contributed by atoms with van der Waals surface area (Å²) in [5.41, 5.74) is -0.542. The molecule has 2 atom stereocenters. The lowest BCUT2D eigenvalue weighted by atomic mass is 10.0. The van der Waals surface area contributed by atoms with E-state index < -0.39 is 15.6 Å². The highest BCUT2D eigenvalue weighted by atomic mass is 32.2. The zero-order valence-corrected chi connectivity index (χ0v) is 12.4. The van der Waals surface area contributed by atoms with E-state index in [1.54, 1.807) is 0 Å². The number of nitrogens with one attached hydrogen (secondary N) is 2. The van der Waals surface area contributed by atoms with Gasteiger partial charge in [-0.3, -0.25) is 0 Å². The molecule has 0 saturated heterocycles. The second kappa shape index (κ2) is 6.32. The van der Waals surface area contributed by atoms with Crippen molar-refractivity contribution >= 4 is 10.0 Å². The van der Waals surface area contributed by atoms with Gasteiger partial charge in [-0.2, -0.15) is 0 Å². The molecule has 1 aliphatic rings. The van der Waals surface area contributed by atoms with E-state index >= 15 is 0 Å². The van der Waals surface area contributed by atoms with Crippen LogP contribution in [0.2, 0.25) is 0 Å². The fourth-order valence-corrected chi connectivity index (χ4v) is 3.53. The van der Waals surface area contributed by atoms with E-state index in [0.29, 0.717) is 6.54 Å². The third-order valence-corrected chi connectivity index (χ3v) is 4.17. The largest absolute Gasteiger partial charge is 0.392 e. The van der Waals surface area contributed by atoms with Crippen LogP contribution in [0.4, 0.5) is 0 Å². The summed E-state index contributed by atoms with van der Waals surface area (Å²) in [6.45, 7) is 4.19. The Kier molecular flexibility index (Phi) is 5.58. The number of aliphatic hydroxyl groups excluding tert-OH is 1. The zero-order chi connectivity index (χ0) is 13.8. The molecule has 108 valence electrons. The highest BCUT2D eigenvalue weighted by Crippen LogP contribution is 2.18. The van der Waals surface area contributed by atoms with Gasteiger partial charge in [-0.1, -0.05) is 19.3 Å². The van der Waals surface area contributed by atoms with Crippen molar-refractivity contribution in [2.75, 3.05) is 12.8 Å². The molecule has 2 unspecified atom stereocenters. The monoisotopic (exact) mass is 278 g/mol. The maximum absolute atomic E-state index is 11.2. The molecular formula is C12H26N2O3S. The molecular weight excluding hydrogens is 252 g/mol. The van der Waals surface area contributed by atoms with E-state index in [1.165, 1.54) is 6.42 Å². The Morgan fingerprint density at radius 2 is 1.83 bits per heavy atom. The van der Waals surface area contributed by atoms with Gasteiger partial charge in [-0.25, -0.2) is 13.1 Å². The maximum Gasteiger partial charge on any atom is 0.209 e. The molecule has 0 heterocycles. The highest BCUT2D eigenvalue weighted by Gasteiger charge is 2.26. The highest BCUT2D eigenvalue weighted by molar-refractivity contribution is 7.88. The van der Waals surface area contributed by atoms with Crippen LogP contribution in [0.25, 0.3) is 0 Å². The van der Waals surface area contributed by atoms with Crippen LogP contribution in [0.1, 0.15) is 46.0 Å². The summed E-state index contributed by atoms with van der Waals surface area (Å²) < 4.78 is 25.1. The molecule has 0 bridgehead atoms. The minimum absolute atomic E-state index is 0.0770. The molecule has 1 rings (SSSR count). The molecule has 1 fully saturated rings. The van der Waals surface area contributed by atoms with Gasteiger partial charge in [0.05, 0.1) is 12.4 Å². The summed E-state index contributed by atoms with van der Waals surface area (Å²) in [6, 6.07) is 0.0770. The van der Waals surface area contributed by atoms with Crippen molar-refractivity contribution in [1.82, 2.24) is 10.0 Å². The van der Waals surface area contributed by atoms with Gasteiger partial charge in [0.25, 0.3) is 0 Å². The van der Waals surface area contributed by atoms with Crippen molar-refractivity contribution in [3.05, 3.63) is 0 Å². The first-order chi connectivity index (χ1) is 8.20. The summed E-state index contributed by atoms with van der Waals surface area (Å²) >= 11 is 0. The summed E-state index contributed by atoms with van der Waals surface area (Å²) in [5, 5.41) is 13.3. The van der Waals surface area contributed by atoms with Crippen LogP contribution in [-0.4, -0.2) is 44.0 Å². The van der Waals surface area contributed by atoms with Crippen molar-refractivity contribution in [1.29, 1.82) is 0 Å².